The first-order valence-corrected chi connectivity index (χ1v) is 9.95. The van der Waals surface area contributed by atoms with Crippen molar-refractivity contribution in [2.45, 2.75) is 46.2 Å². The number of aromatic amines is 1. The highest BCUT2D eigenvalue weighted by atomic mass is 35.5. The Morgan fingerprint density at radius 2 is 2.00 bits per heavy atom. The summed E-state index contributed by atoms with van der Waals surface area (Å²) in [5.41, 5.74) is 4.50. The van der Waals surface area contributed by atoms with E-state index < -0.39 is 0 Å². The summed E-state index contributed by atoms with van der Waals surface area (Å²) < 4.78 is 1.77. The number of halogens is 1. The topological polar surface area (TPSA) is 66.8 Å². The lowest BCUT2D eigenvalue weighted by atomic mass is 10.1. The Kier molecular flexibility index (Phi) is 5.08. The van der Waals surface area contributed by atoms with Crippen molar-refractivity contribution >= 4 is 11.6 Å². The Hall–Kier alpha value is -2.44. The molecule has 2 aromatic heterocycles. The van der Waals surface area contributed by atoms with Crippen LogP contribution in [0, 0.1) is 6.92 Å². The molecule has 1 aliphatic rings. The Morgan fingerprint density at radius 3 is 2.71 bits per heavy atom. The third-order valence-corrected chi connectivity index (χ3v) is 5.61. The van der Waals surface area contributed by atoms with Gasteiger partial charge in [-0.2, -0.15) is 5.10 Å². The molecule has 0 radical (unpaired) electrons. The number of nitrogens with zero attached hydrogens (tertiary/aromatic N) is 4. The molecule has 1 aliphatic heterocycles. The van der Waals surface area contributed by atoms with Crippen LogP contribution in [0.4, 0.5) is 0 Å². The lowest BCUT2D eigenvalue weighted by Crippen LogP contribution is -2.36. The predicted molar refractivity (Wildman–Crippen MR) is 110 cm³/mol. The van der Waals surface area contributed by atoms with Crippen molar-refractivity contribution in [3.05, 3.63) is 74.2 Å². The number of hydrogen-bond acceptors (Lipinski definition) is 4. The van der Waals surface area contributed by atoms with Crippen molar-refractivity contribution in [3.8, 4) is 5.69 Å². The largest absolute Gasteiger partial charge is 0.310 e. The first-order valence-electron chi connectivity index (χ1n) is 9.57. The molecule has 146 valence electrons. The highest BCUT2D eigenvalue weighted by Crippen LogP contribution is 2.26. The smallest absolute Gasteiger partial charge is 0.255 e. The van der Waals surface area contributed by atoms with Crippen molar-refractivity contribution < 1.29 is 0 Å². The van der Waals surface area contributed by atoms with E-state index in [1.54, 1.807) is 4.68 Å². The highest BCUT2D eigenvalue weighted by molar-refractivity contribution is 6.30. The van der Waals surface area contributed by atoms with E-state index >= 15 is 0 Å². The van der Waals surface area contributed by atoms with Gasteiger partial charge in [-0.25, -0.2) is 9.67 Å². The summed E-state index contributed by atoms with van der Waals surface area (Å²) in [6.45, 7) is 8.11. The van der Waals surface area contributed by atoms with Gasteiger partial charge in [-0.1, -0.05) is 43.6 Å². The standard InChI is InChI=1S/C21H24ClN5O/c1-13(2)20-23-18-9-10-26(12-17(18)21(28)24-20)11-16-14(3)25-27(19(16)22)15-7-5-4-6-8-15/h4-8,13H,9-12H2,1-3H3,(H,23,24,28). The lowest BCUT2D eigenvalue weighted by molar-refractivity contribution is 0.241. The van der Waals surface area contributed by atoms with Gasteiger partial charge in [0.2, 0.25) is 0 Å². The third kappa shape index (κ3) is 3.50. The summed E-state index contributed by atoms with van der Waals surface area (Å²) in [6.07, 6.45) is 0.766. The summed E-state index contributed by atoms with van der Waals surface area (Å²) in [7, 11) is 0. The molecule has 3 aromatic rings. The van der Waals surface area contributed by atoms with Crippen LogP contribution in [0.25, 0.3) is 5.69 Å². The lowest BCUT2D eigenvalue weighted by Gasteiger charge is -2.28. The monoisotopic (exact) mass is 397 g/mol. The Balaban J connectivity index is 1.59. The Morgan fingerprint density at radius 1 is 1.25 bits per heavy atom. The van der Waals surface area contributed by atoms with Gasteiger partial charge in [0.05, 0.1) is 22.6 Å². The zero-order chi connectivity index (χ0) is 19.8. The fourth-order valence-corrected chi connectivity index (χ4v) is 3.92. The second-order valence-corrected chi connectivity index (χ2v) is 7.95. The molecule has 0 bridgehead atoms. The normalized spacial score (nSPS) is 14.5. The van der Waals surface area contributed by atoms with E-state index in [9.17, 15) is 4.79 Å². The summed E-state index contributed by atoms with van der Waals surface area (Å²) in [6, 6.07) is 9.87. The maximum Gasteiger partial charge on any atom is 0.255 e. The Labute approximate surface area is 169 Å². The second kappa shape index (κ2) is 7.53. The fraction of sp³-hybridized carbons (Fsp3) is 0.381. The number of para-hydroxylation sites is 1. The molecule has 4 rings (SSSR count). The van der Waals surface area contributed by atoms with Gasteiger partial charge in [0.25, 0.3) is 5.56 Å². The predicted octanol–water partition coefficient (Wildman–Crippen LogP) is 3.60. The molecule has 0 atom stereocenters. The fourth-order valence-electron chi connectivity index (χ4n) is 3.58. The van der Waals surface area contributed by atoms with Crippen molar-refractivity contribution in [1.82, 2.24) is 24.6 Å². The van der Waals surface area contributed by atoms with Gasteiger partial charge in [-0.3, -0.25) is 9.69 Å². The van der Waals surface area contributed by atoms with Crippen LogP contribution in [-0.2, 0) is 19.5 Å². The van der Waals surface area contributed by atoms with Gasteiger partial charge in [0, 0.05) is 37.5 Å². The number of H-pyrrole nitrogens is 1. The van der Waals surface area contributed by atoms with Crippen LogP contribution in [0.2, 0.25) is 5.15 Å². The van der Waals surface area contributed by atoms with Crippen LogP contribution in [0.5, 0.6) is 0 Å². The summed E-state index contributed by atoms with van der Waals surface area (Å²) in [5, 5.41) is 5.24. The molecule has 0 aliphatic carbocycles. The number of fused-ring (bicyclic) bond motifs is 1. The van der Waals surface area contributed by atoms with Gasteiger partial charge in [-0.05, 0) is 19.1 Å². The van der Waals surface area contributed by atoms with Gasteiger partial charge >= 0.3 is 0 Å². The van der Waals surface area contributed by atoms with E-state index in [0.29, 0.717) is 18.2 Å². The molecule has 6 nitrogen and oxygen atoms in total. The molecular formula is C21H24ClN5O. The van der Waals surface area contributed by atoms with Crippen LogP contribution in [0.15, 0.2) is 35.1 Å². The molecule has 0 fully saturated rings. The molecule has 0 saturated carbocycles. The maximum atomic E-state index is 12.5. The van der Waals surface area contributed by atoms with Gasteiger partial charge in [-0.15, -0.1) is 0 Å². The average Bonchev–Trinajstić information content (AvgIpc) is 2.97. The van der Waals surface area contributed by atoms with Crippen molar-refractivity contribution in [2.24, 2.45) is 0 Å². The van der Waals surface area contributed by atoms with E-state index in [1.807, 2.05) is 51.1 Å². The molecule has 1 N–H and O–H groups in total. The first kappa shape index (κ1) is 18.9. The maximum absolute atomic E-state index is 12.5. The van der Waals surface area contributed by atoms with Gasteiger partial charge in [0.1, 0.15) is 11.0 Å². The van der Waals surface area contributed by atoms with Crippen LogP contribution >= 0.6 is 11.6 Å². The van der Waals surface area contributed by atoms with Gasteiger partial charge < -0.3 is 4.98 Å². The van der Waals surface area contributed by atoms with Crippen LogP contribution < -0.4 is 5.56 Å². The number of aryl methyl sites for hydroxylation is 1. The quantitative estimate of drug-likeness (QED) is 0.730. The van der Waals surface area contributed by atoms with Crippen LogP contribution in [-0.4, -0.2) is 31.2 Å². The zero-order valence-electron chi connectivity index (χ0n) is 16.4. The molecule has 0 amide bonds. The molecular weight excluding hydrogens is 374 g/mol. The Bertz CT molecular complexity index is 1050. The van der Waals surface area contributed by atoms with Crippen LogP contribution in [0.1, 0.15) is 48.1 Å². The van der Waals surface area contributed by atoms with E-state index in [4.69, 9.17) is 11.6 Å². The minimum absolute atomic E-state index is 0.0267. The molecule has 0 spiro atoms. The molecule has 7 heteroatoms. The first-order chi connectivity index (χ1) is 13.4. The average molecular weight is 398 g/mol. The molecule has 0 unspecified atom stereocenters. The third-order valence-electron chi connectivity index (χ3n) is 5.22. The molecule has 28 heavy (non-hydrogen) atoms. The van der Waals surface area contributed by atoms with Crippen molar-refractivity contribution in [3.63, 3.8) is 0 Å². The number of aromatic nitrogens is 4. The number of benzene rings is 1. The van der Waals surface area contributed by atoms with Crippen molar-refractivity contribution in [2.75, 3.05) is 6.54 Å². The zero-order valence-corrected chi connectivity index (χ0v) is 17.1. The summed E-state index contributed by atoms with van der Waals surface area (Å²) in [5.74, 6) is 0.974. The number of nitrogens with one attached hydrogen (secondary N) is 1. The SMILES string of the molecule is Cc1nn(-c2ccccc2)c(Cl)c1CN1CCc2nc(C(C)C)[nH]c(=O)c2C1. The van der Waals surface area contributed by atoms with Crippen LogP contribution in [0.3, 0.4) is 0 Å². The molecule has 0 saturated heterocycles. The van der Waals surface area contributed by atoms with E-state index in [2.05, 4.69) is 20.0 Å². The summed E-state index contributed by atoms with van der Waals surface area (Å²) >= 11 is 6.66. The minimum atomic E-state index is -0.0267. The molecule has 3 heterocycles. The van der Waals surface area contributed by atoms with E-state index in [1.165, 1.54) is 0 Å². The molecule has 1 aromatic carbocycles. The number of rotatable bonds is 4. The van der Waals surface area contributed by atoms with E-state index in [-0.39, 0.29) is 11.5 Å². The van der Waals surface area contributed by atoms with Gasteiger partial charge in [0.15, 0.2) is 0 Å². The summed E-state index contributed by atoms with van der Waals surface area (Å²) in [4.78, 5) is 22.4. The second-order valence-electron chi connectivity index (χ2n) is 7.59. The van der Waals surface area contributed by atoms with Crippen molar-refractivity contribution in [1.29, 1.82) is 0 Å². The minimum Gasteiger partial charge on any atom is -0.310 e. The van der Waals surface area contributed by atoms with E-state index in [0.717, 1.165) is 47.0 Å². The highest BCUT2D eigenvalue weighted by Gasteiger charge is 2.24. The number of hydrogen-bond donors (Lipinski definition) is 1.